The maximum atomic E-state index is 12.1. The van der Waals surface area contributed by atoms with Crippen molar-refractivity contribution in [1.29, 1.82) is 0 Å². The number of nitrogens with one attached hydrogen (secondary N) is 2. The number of aliphatic imine (C=N–C) groups is 1. The number of methoxy groups -OCH3 is 1. The number of hydrogen-bond donors (Lipinski definition) is 2. The predicted octanol–water partition coefficient (Wildman–Crippen LogP) is 3.87. The summed E-state index contributed by atoms with van der Waals surface area (Å²) in [7, 11) is 3.32. The number of guanidine groups is 1. The van der Waals surface area contributed by atoms with Gasteiger partial charge in [0.05, 0.1) is 7.11 Å². The van der Waals surface area contributed by atoms with Crippen molar-refractivity contribution < 1.29 is 22.6 Å². The van der Waals surface area contributed by atoms with Crippen LogP contribution in [0.1, 0.15) is 16.7 Å². The van der Waals surface area contributed by atoms with E-state index in [1.54, 1.807) is 20.2 Å². The summed E-state index contributed by atoms with van der Waals surface area (Å²) in [6, 6.07) is 9.16. The molecule has 0 spiro atoms. The molecule has 0 fully saturated rings. The van der Waals surface area contributed by atoms with E-state index >= 15 is 0 Å². The molecule has 1 aromatic carbocycles. The third kappa shape index (κ3) is 9.06. The van der Waals surface area contributed by atoms with Crippen LogP contribution in [0.5, 0.6) is 11.6 Å². The molecule has 1 aromatic heterocycles. The molecule has 0 aliphatic heterocycles. The number of aromatic nitrogens is 1. The van der Waals surface area contributed by atoms with Gasteiger partial charge < -0.3 is 20.1 Å². The van der Waals surface area contributed by atoms with E-state index in [-0.39, 0.29) is 29.9 Å². The van der Waals surface area contributed by atoms with Gasteiger partial charge in [-0.15, -0.1) is 24.0 Å². The summed E-state index contributed by atoms with van der Waals surface area (Å²) < 4.78 is 46.4. The first kappa shape index (κ1) is 25.8. The lowest BCUT2D eigenvalue weighted by molar-refractivity contribution is -0.154. The zero-order valence-electron chi connectivity index (χ0n) is 17.0. The number of pyridine rings is 1. The number of ether oxygens (including phenoxy) is 2. The maximum absolute atomic E-state index is 12.1. The quantitative estimate of drug-likeness (QED) is 0.304. The minimum atomic E-state index is -4.39. The second-order valence-electron chi connectivity index (χ2n) is 6.32. The van der Waals surface area contributed by atoms with Crippen LogP contribution in [0.4, 0.5) is 13.2 Å². The number of hydrogen-bond acceptors (Lipinski definition) is 4. The Hall–Kier alpha value is -2.24. The number of nitrogens with zero attached hydrogens (tertiary/aromatic N) is 2. The van der Waals surface area contributed by atoms with Gasteiger partial charge in [0.2, 0.25) is 5.88 Å². The van der Waals surface area contributed by atoms with Crippen molar-refractivity contribution in [1.82, 2.24) is 15.6 Å². The first-order chi connectivity index (χ1) is 13.8. The van der Waals surface area contributed by atoms with Crippen LogP contribution < -0.4 is 20.1 Å². The van der Waals surface area contributed by atoms with Crippen LogP contribution in [0.3, 0.4) is 0 Å². The smallest absolute Gasteiger partial charge is 0.422 e. The van der Waals surface area contributed by atoms with E-state index in [0.717, 1.165) is 28.9 Å². The van der Waals surface area contributed by atoms with Crippen molar-refractivity contribution >= 4 is 29.9 Å². The largest absolute Gasteiger partial charge is 0.496 e. The number of benzene rings is 1. The Morgan fingerprint density at radius 1 is 1.13 bits per heavy atom. The van der Waals surface area contributed by atoms with E-state index in [1.807, 2.05) is 19.1 Å². The third-order valence-electron chi connectivity index (χ3n) is 4.04. The molecule has 0 aliphatic carbocycles. The van der Waals surface area contributed by atoms with Gasteiger partial charge in [-0.25, -0.2) is 4.98 Å². The fraction of sp³-hybridized carbons (Fsp3) is 0.400. The van der Waals surface area contributed by atoms with Crippen molar-refractivity contribution in [3.8, 4) is 11.6 Å². The molecule has 166 valence electrons. The number of halogens is 4. The van der Waals surface area contributed by atoms with E-state index in [9.17, 15) is 13.2 Å². The molecule has 2 aromatic rings. The summed E-state index contributed by atoms with van der Waals surface area (Å²) in [6.07, 6.45) is -2.13. The van der Waals surface area contributed by atoms with Crippen LogP contribution in [0.25, 0.3) is 0 Å². The molecular weight excluding hydrogens is 512 g/mol. The lowest BCUT2D eigenvalue weighted by Crippen LogP contribution is -2.37. The fourth-order valence-electron chi connectivity index (χ4n) is 2.51. The summed E-state index contributed by atoms with van der Waals surface area (Å²) >= 11 is 0. The van der Waals surface area contributed by atoms with E-state index in [2.05, 4.69) is 31.4 Å². The van der Waals surface area contributed by atoms with Gasteiger partial charge >= 0.3 is 6.18 Å². The lowest BCUT2D eigenvalue weighted by atomic mass is 10.1. The van der Waals surface area contributed by atoms with Gasteiger partial charge in [0.25, 0.3) is 0 Å². The third-order valence-corrected chi connectivity index (χ3v) is 4.04. The Morgan fingerprint density at radius 2 is 1.87 bits per heavy atom. The Kier molecular flexibility index (Phi) is 10.7. The standard InChI is InChI=1S/C20H25F3N4O2.HI/c1-14-4-5-15(10-17(14)28-3)8-9-25-19(24-2)27-12-16-6-7-18(26-11-16)29-13-20(21,22)23;/h4-7,10-11H,8-9,12-13H2,1-3H3,(H2,24,25,27);1H. The number of aryl methyl sites for hydroxylation is 1. The van der Waals surface area contributed by atoms with Gasteiger partial charge in [-0.3, -0.25) is 4.99 Å². The lowest BCUT2D eigenvalue weighted by Gasteiger charge is -2.13. The molecule has 1 heterocycles. The molecule has 0 saturated carbocycles. The highest BCUT2D eigenvalue weighted by Gasteiger charge is 2.28. The molecule has 0 aliphatic rings. The molecule has 0 saturated heterocycles. The summed E-state index contributed by atoms with van der Waals surface area (Å²) in [5.74, 6) is 1.41. The molecule has 6 nitrogen and oxygen atoms in total. The Balaban J connectivity index is 0.00000450. The molecule has 0 bridgehead atoms. The molecule has 10 heteroatoms. The van der Waals surface area contributed by atoms with Gasteiger partial charge in [0.15, 0.2) is 12.6 Å². The highest BCUT2D eigenvalue weighted by atomic mass is 127. The number of rotatable bonds is 8. The summed E-state index contributed by atoms with van der Waals surface area (Å²) in [4.78, 5) is 8.03. The van der Waals surface area contributed by atoms with E-state index in [0.29, 0.717) is 19.0 Å². The first-order valence-electron chi connectivity index (χ1n) is 9.03. The minimum Gasteiger partial charge on any atom is -0.496 e. The van der Waals surface area contributed by atoms with Gasteiger partial charge in [0, 0.05) is 32.4 Å². The normalized spacial score (nSPS) is 11.5. The molecule has 0 radical (unpaired) electrons. The molecular formula is C20H26F3IN4O2. The second kappa shape index (κ2) is 12.5. The molecule has 0 unspecified atom stereocenters. The maximum Gasteiger partial charge on any atom is 0.422 e. The minimum absolute atomic E-state index is 0. The molecule has 0 amide bonds. The average molecular weight is 538 g/mol. The van der Waals surface area contributed by atoms with Crippen LogP contribution >= 0.6 is 24.0 Å². The molecule has 0 atom stereocenters. The highest BCUT2D eigenvalue weighted by Crippen LogP contribution is 2.19. The topological polar surface area (TPSA) is 67.8 Å². The van der Waals surface area contributed by atoms with Crippen molar-refractivity contribution in [3.05, 3.63) is 53.2 Å². The van der Waals surface area contributed by atoms with Gasteiger partial charge in [-0.1, -0.05) is 18.2 Å². The monoisotopic (exact) mass is 538 g/mol. The fourth-order valence-corrected chi connectivity index (χ4v) is 2.51. The van der Waals surface area contributed by atoms with Crippen molar-refractivity contribution in [2.45, 2.75) is 26.1 Å². The van der Waals surface area contributed by atoms with E-state index < -0.39 is 12.8 Å². The second-order valence-corrected chi connectivity index (χ2v) is 6.32. The van der Waals surface area contributed by atoms with Crippen molar-refractivity contribution in [3.63, 3.8) is 0 Å². The van der Waals surface area contributed by atoms with Gasteiger partial charge in [-0.2, -0.15) is 13.2 Å². The zero-order chi connectivity index (χ0) is 21.3. The Labute approximate surface area is 191 Å². The molecule has 30 heavy (non-hydrogen) atoms. The molecule has 2 rings (SSSR count). The Bertz CT molecular complexity index is 815. The molecule has 2 N–H and O–H groups in total. The van der Waals surface area contributed by atoms with Gasteiger partial charge in [0.1, 0.15) is 5.75 Å². The van der Waals surface area contributed by atoms with Crippen LogP contribution in [-0.4, -0.2) is 44.4 Å². The SMILES string of the molecule is CN=C(NCCc1ccc(C)c(OC)c1)NCc1ccc(OCC(F)(F)F)nc1.I. The highest BCUT2D eigenvalue weighted by molar-refractivity contribution is 14.0. The van der Waals surface area contributed by atoms with Crippen LogP contribution in [0.15, 0.2) is 41.5 Å². The number of alkyl halides is 3. The van der Waals surface area contributed by atoms with Crippen LogP contribution in [0, 0.1) is 6.92 Å². The van der Waals surface area contributed by atoms with Gasteiger partial charge in [-0.05, 0) is 36.1 Å². The van der Waals surface area contributed by atoms with E-state index in [1.165, 1.54) is 12.3 Å². The van der Waals surface area contributed by atoms with Crippen LogP contribution in [0.2, 0.25) is 0 Å². The van der Waals surface area contributed by atoms with Crippen LogP contribution in [-0.2, 0) is 13.0 Å². The first-order valence-corrected chi connectivity index (χ1v) is 9.03. The summed E-state index contributed by atoms with van der Waals surface area (Å²) in [6.45, 7) is 1.73. The summed E-state index contributed by atoms with van der Waals surface area (Å²) in [5, 5.41) is 6.35. The van der Waals surface area contributed by atoms with E-state index in [4.69, 9.17) is 4.74 Å². The Morgan fingerprint density at radius 3 is 2.47 bits per heavy atom. The zero-order valence-corrected chi connectivity index (χ0v) is 19.4. The average Bonchev–Trinajstić information content (AvgIpc) is 2.70. The van der Waals surface area contributed by atoms with Crippen molar-refractivity contribution in [2.24, 2.45) is 4.99 Å². The predicted molar refractivity (Wildman–Crippen MR) is 121 cm³/mol. The van der Waals surface area contributed by atoms with Crippen molar-refractivity contribution in [2.75, 3.05) is 27.3 Å². The summed E-state index contributed by atoms with van der Waals surface area (Å²) in [5.41, 5.74) is 3.02.